The van der Waals surface area contributed by atoms with E-state index in [9.17, 15) is 10.1 Å². The second-order valence-electron chi connectivity index (χ2n) is 7.63. The first kappa shape index (κ1) is 22.8. The lowest BCUT2D eigenvalue weighted by Crippen LogP contribution is -2.14. The number of nitrogens with zero attached hydrogens (tertiary/aromatic N) is 2. The van der Waals surface area contributed by atoms with E-state index in [1.165, 1.54) is 11.8 Å². The third-order valence-electron chi connectivity index (χ3n) is 5.30. The number of hydrogen-bond donors (Lipinski definition) is 1. The minimum Gasteiger partial charge on any atom is -0.454 e. The number of rotatable bonds is 6. The molecule has 4 aromatic rings. The lowest BCUT2D eigenvalue weighted by Gasteiger charge is -2.13. The van der Waals surface area contributed by atoms with Gasteiger partial charge in [-0.25, -0.2) is 4.98 Å². The lowest BCUT2D eigenvalue weighted by molar-refractivity contribution is -0.113. The van der Waals surface area contributed by atoms with Gasteiger partial charge in [0, 0.05) is 21.8 Å². The second-order valence-corrected chi connectivity index (χ2v) is 9.03. The Labute approximate surface area is 211 Å². The van der Waals surface area contributed by atoms with Crippen molar-refractivity contribution in [2.75, 3.05) is 17.9 Å². The van der Waals surface area contributed by atoms with E-state index in [4.69, 9.17) is 26.1 Å². The molecule has 0 bridgehead atoms. The number of amides is 1. The standard InChI is InChI=1S/C27H18ClN3O3S/c28-19-7-4-8-20(12-19)30-26(32)15-35-27-22(14-29)21(13-23(31-27)17-5-2-1-3-6-17)18-9-10-24-25(11-18)34-16-33-24/h1-13H,15-16H2,(H,30,32). The highest BCUT2D eigenvalue weighted by Gasteiger charge is 2.20. The predicted molar refractivity (Wildman–Crippen MR) is 137 cm³/mol. The van der Waals surface area contributed by atoms with Gasteiger partial charge in [-0.1, -0.05) is 65.8 Å². The summed E-state index contributed by atoms with van der Waals surface area (Å²) in [4.78, 5) is 17.4. The maximum absolute atomic E-state index is 12.6. The van der Waals surface area contributed by atoms with Crippen molar-refractivity contribution in [3.8, 4) is 40.0 Å². The number of nitrogens with one attached hydrogen (secondary N) is 1. The van der Waals surface area contributed by atoms with E-state index >= 15 is 0 Å². The monoisotopic (exact) mass is 499 g/mol. The van der Waals surface area contributed by atoms with Crippen LogP contribution in [0.25, 0.3) is 22.4 Å². The summed E-state index contributed by atoms with van der Waals surface area (Å²) in [5.41, 5.74) is 4.12. The Hall–Kier alpha value is -3.99. The van der Waals surface area contributed by atoms with Crippen LogP contribution in [-0.2, 0) is 4.79 Å². The number of aromatic nitrogens is 1. The van der Waals surface area contributed by atoms with Gasteiger partial charge in [-0.05, 0) is 42.0 Å². The number of halogens is 1. The fraction of sp³-hybridized carbons (Fsp3) is 0.0741. The van der Waals surface area contributed by atoms with Crippen LogP contribution in [0, 0.1) is 11.3 Å². The Bertz CT molecular complexity index is 1450. The van der Waals surface area contributed by atoms with Gasteiger partial charge < -0.3 is 14.8 Å². The first-order valence-electron chi connectivity index (χ1n) is 10.7. The topological polar surface area (TPSA) is 84.2 Å². The molecule has 172 valence electrons. The zero-order valence-electron chi connectivity index (χ0n) is 18.3. The molecule has 1 aromatic heterocycles. The molecule has 1 N–H and O–H groups in total. The van der Waals surface area contributed by atoms with Gasteiger partial charge in [0.1, 0.15) is 11.1 Å². The summed E-state index contributed by atoms with van der Waals surface area (Å²) in [6.07, 6.45) is 0. The smallest absolute Gasteiger partial charge is 0.234 e. The fourth-order valence-corrected chi connectivity index (χ4v) is 4.67. The molecule has 0 saturated carbocycles. The first-order valence-corrected chi connectivity index (χ1v) is 12.1. The van der Waals surface area contributed by atoms with Crippen LogP contribution < -0.4 is 14.8 Å². The van der Waals surface area contributed by atoms with E-state index in [0.29, 0.717) is 44.1 Å². The van der Waals surface area contributed by atoms with E-state index in [2.05, 4.69) is 11.4 Å². The summed E-state index contributed by atoms with van der Waals surface area (Å²) in [7, 11) is 0. The summed E-state index contributed by atoms with van der Waals surface area (Å²) in [5, 5.41) is 13.9. The Balaban J connectivity index is 1.50. The number of fused-ring (bicyclic) bond motifs is 1. The van der Waals surface area contributed by atoms with Gasteiger partial charge in [-0.2, -0.15) is 5.26 Å². The van der Waals surface area contributed by atoms with Crippen LogP contribution in [0.3, 0.4) is 0 Å². The molecule has 1 aliphatic rings. The number of carbonyl (C=O) groups is 1. The highest BCUT2D eigenvalue weighted by atomic mass is 35.5. The molecule has 3 aromatic carbocycles. The van der Waals surface area contributed by atoms with Crippen LogP contribution in [0.2, 0.25) is 5.02 Å². The van der Waals surface area contributed by atoms with Gasteiger partial charge in [0.2, 0.25) is 12.7 Å². The molecule has 5 rings (SSSR count). The maximum atomic E-state index is 12.6. The van der Waals surface area contributed by atoms with E-state index in [-0.39, 0.29) is 18.5 Å². The van der Waals surface area contributed by atoms with Crippen LogP contribution in [0.15, 0.2) is 83.9 Å². The normalized spacial score (nSPS) is 11.7. The average molecular weight is 500 g/mol. The SMILES string of the molecule is N#Cc1c(-c2ccc3c(c2)OCO3)cc(-c2ccccc2)nc1SCC(=O)Nc1cccc(Cl)c1. The fourth-order valence-electron chi connectivity index (χ4n) is 3.68. The number of anilines is 1. The Kier molecular flexibility index (Phi) is 6.57. The molecule has 0 fully saturated rings. The molecule has 6 nitrogen and oxygen atoms in total. The van der Waals surface area contributed by atoms with E-state index in [1.54, 1.807) is 24.3 Å². The minimum absolute atomic E-state index is 0.0764. The van der Waals surface area contributed by atoms with E-state index in [1.807, 2.05) is 54.6 Å². The number of pyridine rings is 1. The molecular weight excluding hydrogens is 482 g/mol. The predicted octanol–water partition coefficient (Wildman–Crippen LogP) is 6.40. The molecular formula is C27H18ClN3O3S. The summed E-state index contributed by atoms with van der Waals surface area (Å²) < 4.78 is 11.0. The molecule has 8 heteroatoms. The molecule has 2 heterocycles. The molecule has 1 aliphatic heterocycles. The van der Waals surface area contributed by atoms with Crippen molar-refractivity contribution >= 4 is 35.0 Å². The number of ether oxygens (including phenoxy) is 2. The van der Waals surface area contributed by atoms with Crippen molar-refractivity contribution in [1.82, 2.24) is 4.98 Å². The average Bonchev–Trinajstić information content (AvgIpc) is 3.35. The minimum atomic E-state index is -0.224. The number of benzene rings is 3. The molecule has 0 aliphatic carbocycles. The molecule has 0 unspecified atom stereocenters. The Morgan fingerprint density at radius 1 is 1.00 bits per heavy atom. The van der Waals surface area contributed by atoms with Crippen molar-refractivity contribution in [1.29, 1.82) is 5.26 Å². The largest absolute Gasteiger partial charge is 0.454 e. The van der Waals surface area contributed by atoms with Crippen LogP contribution in [-0.4, -0.2) is 23.4 Å². The van der Waals surface area contributed by atoms with Gasteiger partial charge in [0.15, 0.2) is 11.5 Å². The number of carbonyl (C=O) groups excluding carboxylic acids is 1. The highest BCUT2D eigenvalue weighted by Crippen LogP contribution is 2.39. The Morgan fingerprint density at radius 3 is 2.63 bits per heavy atom. The van der Waals surface area contributed by atoms with Crippen molar-refractivity contribution in [3.63, 3.8) is 0 Å². The van der Waals surface area contributed by atoms with Gasteiger partial charge in [0.25, 0.3) is 0 Å². The first-order chi connectivity index (χ1) is 17.1. The second kappa shape index (κ2) is 10.1. The molecule has 0 saturated heterocycles. The summed E-state index contributed by atoms with van der Waals surface area (Å²) in [6.45, 7) is 0.165. The molecule has 0 atom stereocenters. The van der Waals surface area contributed by atoms with Crippen LogP contribution in [0.1, 0.15) is 5.56 Å². The van der Waals surface area contributed by atoms with Crippen LogP contribution >= 0.6 is 23.4 Å². The molecule has 0 radical (unpaired) electrons. The van der Waals surface area contributed by atoms with Gasteiger partial charge in [-0.15, -0.1) is 0 Å². The summed E-state index contributed by atoms with van der Waals surface area (Å²) in [5.74, 6) is 1.14. The molecule has 0 spiro atoms. The number of hydrogen-bond acceptors (Lipinski definition) is 6. The van der Waals surface area contributed by atoms with Crippen molar-refractivity contribution in [3.05, 3.63) is 89.4 Å². The van der Waals surface area contributed by atoms with E-state index < -0.39 is 0 Å². The zero-order valence-corrected chi connectivity index (χ0v) is 19.9. The van der Waals surface area contributed by atoms with Gasteiger partial charge in [0.05, 0.1) is 17.0 Å². The van der Waals surface area contributed by atoms with Crippen molar-refractivity contribution in [2.24, 2.45) is 0 Å². The highest BCUT2D eigenvalue weighted by molar-refractivity contribution is 8.00. The van der Waals surface area contributed by atoms with Crippen LogP contribution in [0.5, 0.6) is 11.5 Å². The molecule has 35 heavy (non-hydrogen) atoms. The quantitative estimate of drug-likeness (QED) is 0.309. The zero-order chi connectivity index (χ0) is 24.2. The van der Waals surface area contributed by atoms with Gasteiger partial charge >= 0.3 is 0 Å². The number of thioether (sulfide) groups is 1. The Morgan fingerprint density at radius 2 is 1.83 bits per heavy atom. The lowest BCUT2D eigenvalue weighted by atomic mass is 9.99. The van der Waals surface area contributed by atoms with Crippen LogP contribution in [0.4, 0.5) is 5.69 Å². The summed E-state index contributed by atoms with van der Waals surface area (Å²) in [6, 6.07) is 26.4. The van der Waals surface area contributed by atoms with Crippen molar-refractivity contribution < 1.29 is 14.3 Å². The number of nitriles is 1. The third kappa shape index (κ3) is 5.09. The summed E-state index contributed by atoms with van der Waals surface area (Å²) >= 11 is 7.22. The van der Waals surface area contributed by atoms with Gasteiger partial charge in [-0.3, -0.25) is 4.79 Å². The van der Waals surface area contributed by atoms with E-state index in [0.717, 1.165) is 11.1 Å². The van der Waals surface area contributed by atoms with Crippen molar-refractivity contribution in [2.45, 2.75) is 5.03 Å². The third-order valence-corrected chi connectivity index (χ3v) is 6.51. The molecule has 1 amide bonds. The maximum Gasteiger partial charge on any atom is 0.234 e.